The fraction of sp³-hybridized carbons (Fsp3) is 0.410. The Bertz CT molecular complexity index is 2000. The van der Waals surface area contributed by atoms with Gasteiger partial charge in [0.25, 0.3) is 11.8 Å². The summed E-state index contributed by atoms with van der Waals surface area (Å²) in [7, 11) is 3.14. The lowest BCUT2D eigenvalue weighted by Gasteiger charge is -2.32. The fourth-order valence-corrected chi connectivity index (χ4v) is 6.60. The number of anilines is 2. The first-order valence-electron chi connectivity index (χ1n) is 17.8. The van der Waals surface area contributed by atoms with Crippen molar-refractivity contribution in [2.24, 2.45) is 0 Å². The number of hydrogen-bond donors (Lipinski definition) is 4. The van der Waals surface area contributed by atoms with E-state index in [9.17, 15) is 19.5 Å². The van der Waals surface area contributed by atoms with Crippen molar-refractivity contribution >= 4 is 29.1 Å². The first kappa shape index (κ1) is 37.1. The minimum absolute atomic E-state index is 0.169. The topological polar surface area (TPSA) is 169 Å². The first-order chi connectivity index (χ1) is 25.4. The SMILES string of the molecule is COc1ccc(OC)c(-n2nnc(C(=O)Nc3cc(OCCCCNc4cccc5c4CN(C4CCC(O)NC4=O)C5=O)cc(C(C)(C)C)c3)c2C)c1. The highest BCUT2D eigenvalue weighted by Crippen LogP contribution is 2.34. The molecule has 0 bridgehead atoms. The largest absolute Gasteiger partial charge is 0.497 e. The van der Waals surface area contributed by atoms with Gasteiger partial charge in [0.1, 0.15) is 35.2 Å². The molecular formula is C39H47N7O7. The van der Waals surface area contributed by atoms with Crippen LogP contribution in [-0.4, -0.2) is 82.4 Å². The van der Waals surface area contributed by atoms with Gasteiger partial charge >= 0.3 is 0 Å². The van der Waals surface area contributed by atoms with Crippen LogP contribution in [-0.2, 0) is 16.8 Å². The molecule has 0 radical (unpaired) electrons. The molecule has 1 saturated heterocycles. The molecule has 2 aliphatic heterocycles. The van der Waals surface area contributed by atoms with Gasteiger partial charge in [0.15, 0.2) is 5.69 Å². The average Bonchev–Trinajstić information content (AvgIpc) is 3.68. The quantitative estimate of drug-likeness (QED) is 0.138. The third kappa shape index (κ3) is 8.07. The van der Waals surface area contributed by atoms with Crippen LogP contribution in [0, 0.1) is 6.92 Å². The van der Waals surface area contributed by atoms with E-state index in [-0.39, 0.29) is 22.9 Å². The Morgan fingerprint density at radius 3 is 2.57 bits per heavy atom. The molecule has 2 unspecified atom stereocenters. The van der Waals surface area contributed by atoms with Crippen molar-refractivity contribution in [1.29, 1.82) is 0 Å². The number of carbonyl (C=O) groups excluding carboxylic acids is 3. The Labute approximate surface area is 308 Å². The standard InChI is InChI=1S/C39H47N7O7/c1-23-35(43-44-46(23)32-21-26(51-5)12-14-33(32)52-6)37(49)41-25-18-24(39(2,3)4)19-27(20-25)53-17-8-7-16-40-30-11-9-10-28-29(30)22-45(38(28)50)31-13-15-34(47)42-36(31)48/h9-12,14,18-21,31,34,40,47H,7-8,13,15-17,22H2,1-6H3,(H,41,49)(H,42,48). The second kappa shape index (κ2) is 15.5. The van der Waals surface area contributed by atoms with Gasteiger partial charge in [-0.1, -0.05) is 32.1 Å². The number of hydrogen-bond acceptors (Lipinski definition) is 10. The van der Waals surface area contributed by atoms with Crippen molar-refractivity contribution in [3.63, 3.8) is 0 Å². The number of rotatable bonds is 13. The van der Waals surface area contributed by atoms with E-state index in [4.69, 9.17) is 14.2 Å². The summed E-state index contributed by atoms with van der Waals surface area (Å²) in [6, 6.07) is 16.0. The minimum Gasteiger partial charge on any atom is -0.497 e. The zero-order chi connectivity index (χ0) is 37.9. The Balaban J connectivity index is 1.06. The van der Waals surface area contributed by atoms with Crippen LogP contribution in [0.3, 0.4) is 0 Å². The Morgan fingerprint density at radius 2 is 1.83 bits per heavy atom. The van der Waals surface area contributed by atoms with Gasteiger partial charge in [-0.25, -0.2) is 4.68 Å². The van der Waals surface area contributed by atoms with Crippen LogP contribution in [0.4, 0.5) is 11.4 Å². The Morgan fingerprint density at radius 1 is 1.02 bits per heavy atom. The smallest absolute Gasteiger partial charge is 0.278 e. The number of benzene rings is 3. The van der Waals surface area contributed by atoms with Gasteiger partial charge in [0.2, 0.25) is 5.91 Å². The monoisotopic (exact) mass is 725 g/mol. The van der Waals surface area contributed by atoms with E-state index in [0.717, 1.165) is 29.7 Å². The summed E-state index contributed by atoms with van der Waals surface area (Å²) in [6.07, 6.45) is 1.53. The number of aromatic nitrogens is 3. The number of nitrogens with zero attached hydrogens (tertiary/aromatic N) is 4. The van der Waals surface area contributed by atoms with Gasteiger partial charge < -0.3 is 40.2 Å². The van der Waals surface area contributed by atoms with Gasteiger partial charge in [0.05, 0.1) is 26.5 Å². The Hall–Kier alpha value is -5.63. The van der Waals surface area contributed by atoms with E-state index in [1.807, 2.05) is 24.3 Å². The molecule has 3 heterocycles. The first-order valence-corrected chi connectivity index (χ1v) is 17.8. The Kier molecular flexibility index (Phi) is 10.9. The molecule has 2 atom stereocenters. The van der Waals surface area contributed by atoms with Crippen molar-refractivity contribution in [3.05, 3.63) is 82.7 Å². The third-order valence-electron chi connectivity index (χ3n) is 9.61. The lowest BCUT2D eigenvalue weighted by atomic mass is 9.86. The van der Waals surface area contributed by atoms with Crippen LogP contribution in [0.1, 0.15) is 84.1 Å². The van der Waals surface area contributed by atoms with Crippen LogP contribution in [0.15, 0.2) is 54.6 Å². The highest BCUT2D eigenvalue weighted by molar-refractivity contribution is 6.04. The number of aliphatic hydroxyl groups is 1. The second-order valence-electron chi connectivity index (χ2n) is 14.3. The molecule has 2 aliphatic rings. The zero-order valence-corrected chi connectivity index (χ0v) is 31.0. The van der Waals surface area contributed by atoms with Gasteiger partial charge in [-0.15, -0.1) is 5.10 Å². The van der Waals surface area contributed by atoms with E-state index in [1.165, 1.54) is 0 Å². The molecule has 1 fully saturated rings. The van der Waals surface area contributed by atoms with Crippen molar-refractivity contribution in [1.82, 2.24) is 25.2 Å². The molecule has 53 heavy (non-hydrogen) atoms. The number of carbonyl (C=O) groups is 3. The maximum Gasteiger partial charge on any atom is 0.278 e. The molecule has 3 aromatic carbocycles. The van der Waals surface area contributed by atoms with Gasteiger partial charge in [-0.2, -0.15) is 0 Å². The molecular weight excluding hydrogens is 678 g/mol. The van der Waals surface area contributed by atoms with E-state index in [1.54, 1.807) is 61.1 Å². The van der Waals surface area contributed by atoms with Gasteiger partial charge in [-0.3, -0.25) is 14.4 Å². The van der Waals surface area contributed by atoms with Crippen molar-refractivity contribution in [2.45, 2.75) is 77.6 Å². The molecule has 1 aromatic heterocycles. The third-order valence-corrected chi connectivity index (χ3v) is 9.61. The fourth-order valence-electron chi connectivity index (χ4n) is 6.60. The second-order valence-corrected chi connectivity index (χ2v) is 14.3. The maximum absolute atomic E-state index is 13.5. The molecule has 3 amide bonds. The van der Waals surface area contributed by atoms with Crippen molar-refractivity contribution in [2.75, 3.05) is 38.0 Å². The normalized spacial score (nSPS) is 16.9. The van der Waals surface area contributed by atoms with Crippen molar-refractivity contribution < 1.29 is 33.7 Å². The average molecular weight is 726 g/mol. The molecule has 0 spiro atoms. The number of unbranched alkanes of at least 4 members (excludes halogenated alkanes) is 1. The number of aliphatic hydroxyl groups excluding tert-OH is 1. The van der Waals surface area contributed by atoms with E-state index >= 15 is 0 Å². The van der Waals surface area contributed by atoms with Crippen LogP contribution in [0.2, 0.25) is 0 Å². The molecule has 4 N–H and O–H groups in total. The predicted octanol–water partition coefficient (Wildman–Crippen LogP) is 4.97. The van der Waals surface area contributed by atoms with Gasteiger partial charge in [-0.05, 0) is 80.0 Å². The summed E-state index contributed by atoms with van der Waals surface area (Å²) in [5, 5.41) is 27.2. The highest BCUT2D eigenvalue weighted by Gasteiger charge is 2.39. The van der Waals surface area contributed by atoms with Crippen LogP contribution in [0.5, 0.6) is 17.2 Å². The molecule has 4 aromatic rings. The van der Waals surface area contributed by atoms with Crippen LogP contribution >= 0.6 is 0 Å². The van der Waals surface area contributed by atoms with E-state index in [2.05, 4.69) is 47.0 Å². The molecule has 0 aliphatic carbocycles. The van der Waals surface area contributed by atoms with E-state index < -0.39 is 18.2 Å². The summed E-state index contributed by atoms with van der Waals surface area (Å²) in [6.45, 7) is 9.53. The number of fused-ring (bicyclic) bond motifs is 1. The minimum atomic E-state index is -0.869. The number of ether oxygens (including phenoxy) is 3. The lowest BCUT2D eigenvalue weighted by Crippen LogP contribution is -2.54. The molecule has 0 saturated carbocycles. The highest BCUT2D eigenvalue weighted by atomic mass is 16.5. The maximum atomic E-state index is 13.5. The van der Waals surface area contributed by atoms with Crippen molar-refractivity contribution in [3.8, 4) is 22.9 Å². The number of piperidine rings is 1. The molecule has 14 nitrogen and oxygen atoms in total. The number of nitrogens with one attached hydrogen (secondary N) is 3. The van der Waals surface area contributed by atoms with Crippen LogP contribution in [0.25, 0.3) is 5.69 Å². The number of amides is 3. The lowest BCUT2D eigenvalue weighted by molar-refractivity contribution is -0.132. The summed E-state index contributed by atoms with van der Waals surface area (Å²) in [5.41, 5.74) is 5.01. The molecule has 14 heteroatoms. The van der Waals surface area contributed by atoms with E-state index in [0.29, 0.717) is 72.4 Å². The molecule has 6 rings (SSSR count). The number of methoxy groups -OCH3 is 2. The van der Waals surface area contributed by atoms with Crippen LogP contribution < -0.4 is 30.2 Å². The van der Waals surface area contributed by atoms with Gasteiger partial charge in [0, 0.05) is 47.7 Å². The summed E-state index contributed by atoms with van der Waals surface area (Å²) >= 11 is 0. The predicted molar refractivity (Wildman–Crippen MR) is 199 cm³/mol. The summed E-state index contributed by atoms with van der Waals surface area (Å²) < 4.78 is 18.6. The molecule has 280 valence electrons. The summed E-state index contributed by atoms with van der Waals surface area (Å²) in [5.74, 6) is 0.911. The summed E-state index contributed by atoms with van der Waals surface area (Å²) in [4.78, 5) is 40.8. The zero-order valence-electron chi connectivity index (χ0n) is 31.0.